The highest BCUT2D eigenvalue weighted by Gasteiger charge is 2.58. The molecule has 3 heterocycles. The zero-order valence-corrected chi connectivity index (χ0v) is 17.6. The van der Waals surface area contributed by atoms with Gasteiger partial charge in [-0.2, -0.15) is 10.1 Å². The minimum atomic E-state index is -3.32. The third-order valence-corrected chi connectivity index (χ3v) is 7.48. The Morgan fingerprint density at radius 2 is 2.21 bits per heavy atom. The number of amides is 1. The molecular weight excluding hydrogens is 396 g/mol. The van der Waals surface area contributed by atoms with E-state index < -0.39 is 15.4 Å². The first-order chi connectivity index (χ1) is 13.8. The monoisotopic (exact) mass is 422 g/mol. The average molecular weight is 423 g/mol. The minimum absolute atomic E-state index is 0.0316. The van der Waals surface area contributed by atoms with Gasteiger partial charge in [-0.1, -0.05) is 5.16 Å². The van der Waals surface area contributed by atoms with Crippen LogP contribution in [0.3, 0.4) is 0 Å². The van der Waals surface area contributed by atoms with Gasteiger partial charge in [-0.3, -0.25) is 9.48 Å². The summed E-state index contributed by atoms with van der Waals surface area (Å²) in [5, 5.41) is 8.25. The van der Waals surface area contributed by atoms with Crippen LogP contribution >= 0.6 is 0 Å². The Kier molecular flexibility index (Phi) is 4.97. The third kappa shape index (κ3) is 3.57. The van der Waals surface area contributed by atoms with E-state index in [4.69, 9.17) is 4.52 Å². The molecule has 3 unspecified atom stereocenters. The van der Waals surface area contributed by atoms with Crippen LogP contribution in [0.2, 0.25) is 0 Å². The summed E-state index contributed by atoms with van der Waals surface area (Å²) in [4.78, 5) is 19.2. The number of aryl methyl sites for hydroxylation is 2. The van der Waals surface area contributed by atoms with Gasteiger partial charge in [0.1, 0.15) is 5.69 Å². The molecule has 2 aliphatic rings. The van der Waals surface area contributed by atoms with Crippen LogP contribution in [-0.4, -0.2) is 64.0 Å². The molecule has 1 aliphatic carbocycles. The van der Waals surface area contributed by atoms with E-state index in [1.807, 2.05) is 6.92 Å². The molecular formula is C18H26N6O4S. The first-order valence-electron chi connectivity index (χ1n) is 9.90. The largest absolute Gasteiger partial charge is 0.339 e. The quantitative estimate of drug-likeness (QED) is 0.727. The Morgan fingerprint density at radius 1 is 1.41 bits per heavy atom. The fraction of sp³-hybridized carbons (Fsp3) is 0.667. The maximum Gasteiger partial charge on any atom is 0.274 e. The Bertz CT molecular complexity index is 1020. The van der Waals surface area contributed by atoms with Crippen molar-refractivity contribution in [1.29, 1.82) is 0 Å². The zero-order valence-electron chi connectivity index (χ0n) is 16.8. The molecule has 1 N–H and O–H groups in total. The van der Waals surface area contributed by atoms with Crippen LogP contribution in [0, 0.1) is 12.8 Å². The van der Waals surface area contributed by atoms with Gasteiger partial charge in [-0.25, -0.2) is 13.1 Å². The lowest BCUT2D eigenvalue weighted by Gasteiger charge is -2.25. The topological polar surface area (TPSA) is 123 Å². The lowest BCUT2D eigenvalue weighted by Crippen LogP contribution is -2.40. The van der Waals surface area contributed by atoms with E-state index in [9.17, 15) is 13.2 Å². The van der Waals surface area contributed by atoms with Gasteiger partial charge in [0.05, 0.1) is 11.2 Å². The van der Waals surface area contributed by atoms with E-state index in [1.54, 1.807) is 35.7 Å². The van der Waals surface area contributed by atoms with Crippen molar-refractivity contribution >= 4 is 15.9 Å². The fourth-order valence-electron chi connectivity index (χ4n) is 4.60. The molecule has 2 fully saturated rings. The average Bonchev–Trinajstić information content (AvgIpc) is 3.43. The maximum atomic E-state index is 13.0. The lowest BCUT2D eigenvalue weighted by atomic mass is 9.80. The summed E-state index contributed by atoms with van der Waals surface area (Å²) in [6.07, 6.45) is 2.93. The Hall–Kier alpha value is -2.27. The van der Waals surface area contributed by atoms with E-state index in [0.717, 1.165) is 0 Å². The highest BCUT2D eigenvalue weighted by molar-refractivity contribution is 7.89. The van der Waals surface area contributed by atoms with E-state index in [2.05, 4.69) is 20.0 Å². The summed E-state index contributed by atoms with van der Waals surface area (Å²) in [5.74, 6) is 0.938. The van der Waals surface area contributed by atoms with Crippen molar-refractivity contribution in [3.63, 3.8) is 0 Å². The first kappa shape index (κ1) is 20.0. The molecule has 1 aliphatic heterocycles. The molecule has 2 aromatic heterocycles. The maximum absolute atomic E-state index is 13.0. The van der Waals surface area contributed by atoms with E-state index in [0.29, 0.717) is 49.9 Å². The molecule has 1 saturated carbocycles. The highest BCUT2D eigenvalue weighted by atomic mass is 32.2. The summed E-state index contributed by atoms with van der Waals surface area (Å²) in [5.41, 5.74) is -0.141. The number of hydrogen-bond donors (Lipinski definition) is 1. The van der Waals surface area contributed by atoms with Crippen molar-refractivity contribution in [3.05, 3.63) is 29.7 Å². The second kappa shape index (κ2) is 7.21. The number of sulfonamides is 1. The van der Waals surface area contributed by atoms with Gasteiger partial charge in [0.25, 0.3) is 5.91 Å². The van der Waals surface area contributed by atoms with Crippen molar-refractivity contribution in [2.75, 3.05) is 18.8 Å². The lowest BCUT2D eigenvalue weighted by molar-refractivity contribution is 0.0766. The van der Waals surface area contributed by atoms with Crippen LogP contribution < -0.4 is 4.72 Å². The molecule has 29 heavy (non-hydrogen) atoms. The number of rotatable bonds is 6. The molecule has 11 heteroatoms. The van der Waals surface area contributed by atoms with Gasteiger partial charge in [0.2, 0.25) is 15.9 Å². The van der Waals surface area contributed by atoms with Gasteiger partial charge >= 0.3 is 0 Å². The van der Waals surface area contributed by atoms with Crippen molar-refractivity contribution < 1.29 is 17.7 Å². The van der Waals surface area contributed by atoms with Gasteiger partial charge in [-0.05, 0) is 45.6 Å². The molecule has 2 aromatic rings. The number of carbonyl (C=O) groups excluding carboxylic acids is 1. The van der Waals surface area contributed by atoms with Crippen LogP contribution in [0.5, 0.6) is 0 Å². The normalized spacial score (nSPS) is 26.8. The summed E-state index contributed by atoms with van der Waals surface area (Å²) < 4.78 is 34.2. The van der Waals surface area contributed by atoms with Gasteiger partial charge in [0, 0.05) is 31.9 Å². The van der Waals surface area contributed by atoms with E-state index >= 15 is 0 Å². The summed E-state index contributed by atoms with van der Waals surface area (Å²) in [7, 11) is -3.32. The van der Waals surface area contributed by atoms with Gasteiger partial charge in [-0.15, -0.1) is 0 Å². The molecule has 0 aromatic carbocycles. The Labute approximate surface area is 169 Å². The van der Waals surface area contributed by atoms with E-state index in [1.165, 1.54) is 0 Å². The molecule has 0 bridgehead atoms. The Balaban J connectivity index is 1.60. The molecule has 1 amide bonds. The fourth-order valence-corrected chi connectivity index (χ4v) is 5.45. The van der Waals surface area contributed by atoms with Gasteiger partial charge < -0.3 is 9.42 Å². The summed E-state index contributed by atoms with van der Waals surface area (Å²) >= 11 is 0. The minimum Gasteiger partial charge on any atom is -0.339 e. The number of nitrogens with one attached hydrogen (secondary N) is 1. The molecule has 158 valence electrons. The van der Waals surface area contributed by atoms with Crippen LogP contribution in [0.25, 0.3) is 0 Å². The number of nitrogens with zero attached hydrogens (tertiary/aromatic N) is 5. The number of aromatic nitrogens is 4. The molecule has 4 rings (SSSR count). The summed E-state index contributed by atoms with van der Waals surface area (Å²) in [6, 6.07) is 1.51. The molecule has 3 atom stereocenters. The van der Waals surface area contributed by atoms with Crippen LogP contribution in [-0.2, 0) is 22.0 Å². The third-order valence-electron chi connectivity index (χ3n) is 6.03. The molecule has 0 radical (unpaired) electrons. The number of fused-ring (bicyclic) bond motifs is 1. The van der Waals surface area contributed by atoms with Crippen LogP contribution in [0.4, 0.5) is 0 Å². The number of likely N-dealkylation sites (tertiary alicyclic amines) is 1. The predicted octanol–water partition coefficient (Wildman–Crippen LogP) is 0.706. The second-order valence-electron chi connectivity index (χ2n) is 7.90. The van der Waals surface area contributed by atoms with Gasteiger partial charge in [0.15, 0.2) is 5.82 Å². The molecule has 10 nitrogen and oxygen atoms in total. The second-order valence-corrected chi connectivity index (χ2v) is 9.94. The standard InChI is InChI=1S/C18H26N6O4S/c1-4-24-7-6-15(20-24)16(25)23-10-13-8-14(22-29(26,27)5-2)9-18(13,11-23)17-19-12(3)21-28-17/h6-7,13-14,22H,4-5,8-11H2,1-3H3. The number of carbonyl (C=O) groups is 1. The summed E-state index contributed by atoms with van der Waals surface area (Å²) in [6.45, 7) is 6.93. The van der Waals surface area contributed by atoms with Crippen LogP contribution in [0.15, 0.2) is 16.8 Å². The number of hydrogen-bond acceptors (Lipinski definition) is 7. The van der Waals surface area contributed by atoms with Crippen molar-refractivity contribution in [1.82, 2.24) is 29.5 Å². The Morgan fingerprint density at radius 3 is 2.83 bits per heavy atom. The van der Waals surface area contributed by atoms with Crippen LogP contribution in [0.1, 0.15) is 48.9 Å². The first-order valence-corrected chi connectivity index (χ1v) is 11.5. The van der Waals surface area contributed by atoms with E-state index in [-0.39, 0.29) is 23.6 Å². The highest BCUT2D eigenvalue weighted by Crippen LogP contribution is 2.50. The van der Waals surface area contributed by atoms with Crippen molar-refractivity contribution in [3.8, 4) is 0 Å². The predicted molar refractivity (Wildman–Crippen MR) is 104 cm³/mol. The zero-order chi connectivity index (χ0) is 20.8. The molecule has 0 spiro atoms. The SMILES string of the molecule is CCn1ccc(C(=O)N2CC3CC(NS(=O)(=O)CC)CC3(c3nc(C)no3)C2)n1. The smallest absolute Gasteiger partial charge is 0.274 e. The van der Waals surface area contributed by atoms with Crippen molar-refractivity contribution in [2.45, 2.75) is 51.6 Å². The van der Waals surface area contributed by atoms with Crippen molar-refractivity contribution in [2.24, 2.45) is 5.92 Å². The molecule has 1 saturated heterocycles.